The van der Waals surface area contributed by atoms with Crippen LogP contribution >= 0.6 is 0 Å². The van der Waals surface area contributed by atoms with E-state index in [9.17, 15) is 5.11 Å². The zero-order valence-corrected chi connectivity index (χ0v) is 21.8. The highest BCUT2D eigenvalue weighted by Gasteiger charge is 2.29. The number of hydrogen-bond acceptors (Lipinski definition) is 7. The smallest absolute Gasteiger partial charge is 0.163 e. The van der Waals surface area contributed by atoms with Crippen LogP contribution in [-0.4, -0.2) is 60.0 Å². The van der Waals surface area contributed by atoms with Crippen molar-refractivity contribution in [2.24, 2.45) is 0 Å². The van der Waals surface area contributed by atoms with Crippen molar-refractivity contribution < 1.29 is 19.0 Å². The fourth-order valence-electron chi connectivity index (χ4n) is 5.40. The van der Waals surface area contributed by atoms with E-state index in [0.717, 1.165) is 72.5 Å². The largest absolute Gasteiger partial charge is 0.493 e. The summed E-state index contributed by atoms with van der Waals surface area (Å²) >= 11 is 0. The van der Waals surface area contributed by atoms with E-state index in [1.54, 1.807) is 7.11 Å². The number of fused-ring (bicyclic) bond motifs is 1. The van der Waals surface area contributed by atoms with Gasteiger partial charge in [0.1, 0.15) is 11.5 Å². The van der Waals surface area contributed by atoms with Gasteiger partial charge in [0.05, 0.1) is 24.8 Å². The lowest BCUT2D eigenvalue weighted by Gasteiger charge is -2.34. The van der Waals surface area contributed by atoms with Gasteiger partial charge in [-0.1, -0.05) is 0 Å². The topological polar surface area (TPSA) is 80.0 Å². The second-order valence-corrected chi connectivity index (χ2v) is 10.7. The lowest BCUT2D eigenvalue weighted by Crippen LogP contribution is -2.35. The first-order valence-electron chi connectivity index (χ1n) is 13.3. The molecule has 1 saturated heterocycles. The van der Waals surface area contributed by atoms with Gasteiger partial charge in [0, 0.05) is 29.7 Å². The van der Waals surface area contributed by atoms with E-state index in [1.807, 2.05) is 38.1 Å². The summed E-state index contributed by atoms with van der Waals surface area (Å²) in [5.74, 6) is 3.02. The molecule has 1 aliphatic heterocycles. The molecule has 194 valence electrons. The Hall–Kier alpha value is -2.77. The number of aryl methyl sites for hydroxylation is 1. The summed E-state index contributed by atoms with van der Waals surface area (Å²) in [4.78, 5) is 7.45. The SMILES string of the molecule is COc1cc2c(NC3CCC(C)(O)CC3)cc(-c3ccc(C)o3)nc2cc1OCCCN1CCCC1. The summed E-state index contributed by atoms with van der Waals surface area (Å²) in [6.07, 6.45) is 7.01. The minimum Gasteiger partial charge on any atom is -0.493 e. The molecule has 2 N–H and O–H groups in total. The number of benzene rings is 1. The fraction of sp³-hybridized carbons (Fsp3) is 0.552. The molecule has 5 rings (SSSR count). The molecular weight excluding hydrogens is 454 g/mol. The Labute approximate surface area is 213 Å². The number of anilines is 1. The maximum Gasteiger partial charge on any atom is 0.163 e. The Bertz CT molecular complexity index is 1170. The minimum absolute atomic E-state index is 0.287. The summed E-state index contributed by atoms with van der Waals surface area (Å²) in [6.45, 7) is 7.98. The maximum atomic E-state index is 10.4. The van der Waals surface area contributed by atoms with Crippen molar-refractivity contribution in [1.82, 2.24) is 9.88 Å². The number of ether oxygens (including phenoxy) is 2. The number of nitrogens with one attached hydrogen (secondary N) is 1. The van der Waals surface area contributed by atoms with Crippen molar-refractivity contribution in [3.05, 3.63) is 36.1 Å². The maximum absolute atomic E-state index is 10.4. The molecule has 2 aromatic heterocycles. The number of likely N-dealkylation sites (tertiary alicyclic amines) is 1. The van der Waals surface area contributed by atoms with E-state index in [-0.39, 0.29) is 6.04 Å². The predicted molar refractivity (Wildman–Crippen MR) is 143 cm³/mol. The standard InChI is InChI=1S/C29H39N3O4/c1-20-7-8-26(36-20)25-18-23(30-21-9-11-29(2,33)12-10-21)22-17-27(34-3)28(19-24(22)31-25)35-16-6-15-32-13-4-5-14-32/h7-8,17-19,21,33H,4-6,9-16H2,1-3H3,(H,30,31). The van der Waals surface area contributed by atoms with Gasteiger partial charge in [-0.15, -0.1) is 0 Å². The lowest BCUT2D eigenvalue weighted by molar-refractivity contribution is 0.0196. The van der Waals surface area contributed by atoms with Crippen LogP contribution in [0.3, 0.4) is 0 Å². The Morgan fingerprint density at radius 2 is 1.92 bits per heavy atom. The van der Waals surface area contributed by atoms with Crippen LogP contribution in [0.5, 0.6) is 11.5 Å². The van der Waals surface area contributed by atoms with Crippen LogP contribution in [0.4, 0.5) is 5.69 Å². The van der Waals surface area contributed by atoms with Crippen LogP contribution in [0, 0.1) is 6.92 Å². The first kappa shape index (κ1) is 24.9. The van der Waals surface area contributed by atoms with Crippen molar-refractivity contribution in [3.8, 4) is 23.0 Å². The van der Waals surface area contributed by atoms with Crippen molar-refractivity contribution in [1.29, 1.82) is 0 Å². The normalized spacial score (nSPS) is 22.7. The van der Waals surface area contributed by atoms with E-state index >= 15 is 0 Å². The molecule has 0 radical (unpaired) electrons. The summed E-state index contributed by atoms with van der Waals surface area (Å²) in [5, 5.41) is 15.1. The quantitative estimate of drug-likeness (QED) is 0.366. The number of aromatic nitrogens is 1. The number of aliphatic hydroxyl groups is 1. The molecule has 7 nitrogen and oxygen atoms in total. The molecule has 2 fully saturated rings. The number of rotatable bonds is 9. The summed E-state index contributed by atoms with van der Waals surface area (Å²) in [6, 6.07) is 10.3. The van der Waals surface area contributed by atoms with Crippen LogP contribution < -0.4 is 14.8 Å². The molecule has 0 bridgehead atoms. The number of methoxy groups -OCH3 is 1. The molecule has 0 atom stereocenters. The van der Waals surface area contributed by atoms with E-state index < -0.39 is 5.60 Å². The van der Waals surface area contributed by atoms with Crippen molar-refractivity contribution in [2.75, 3.05) is 38.7 Å². The van der Waals surface area contributed by atoms with Gasteiger partial charge >= 0.3 is 0 Å². The second kappa shape index (κ2) is 10.7. The Morgan fingerprint density at radius 1 is 1.14 bits per heavy atom. The Morgan fingerprint density at radius 3 is 2.61 bits per heavy atom. The van der Waals surface area contributed by atoms with Gasteiger partial charge in [-0.3, -0.25) is 0 Å². The lowest BCUT2D eigenvalue weighted by atomic mass is 9.83. The number of furan rings is 1. The Kier molecular flexibility index (Phi) is 7.39. The van der Waals surface area contributed by atoms with E-state index in [4.69, 9.17) is 18.9 Å². The number of pyridine rings is 1. The third kappa shape index (κ3) is 5.79. The van der Waals surface area contributed by atoms with E-state index in [1.165, 1.54) is 25.9 Å². The molecular formula is C29H39N3O4. The van der Waals surface area contributed by atoms with Crippen LogP contribution in [0.1, 0.15) is 57.6 Å². The van der Waals surface area contributed by atoms with Gasteiger partial charge in [-0.2, -0.15) is 0 Å². The average Bonchev–Trinajstić information content (AvgIpc) is 3.54. The van der Waals surface area contributed by atoms with Gasteiger partial charge in [0.15, 0.2) is 17.3 Å². The molecule has 2 aliphatic rings. The van der Waals surface area contributed by atoms with Gasteiger partial charge in [-0.05, 0) is 96.1 Å². The zero-order valence-electron chi connectivity index (χ0n) is 21.8. The van der Waals surface area contributed by atoms with Gasteiger partial charge in [-0.25, -0.2) is 4.98 Å². The molecule has 3 heterocycles. The number of hydrogen-bond donors (Lipinski definition) is 2. The van der Waals surface area contributed by atoms with E-state index in [0.29, 0.717) is 18.1 Å². The van der Waals surface area contributed by atoms with Crippen LogP contribution in [-0.2, 0) is 0 Å². The third-order valence-electron chi connectivity index (χ3n) is 7.58. The second-order valence-electron chi connectivity index (χ2n) is 10.7. The summed E-state index contributed by atoms with van der Waals surface area (Å²) in [7, 11) is 1.68. The highest BCUT2D eigenvalue weighted by molar-refractivity contribution is 5.95. The average molecular weight is 494 g/mol. The molecule has 7 heteroatoms. The first-order chi connectivity index (χ1) is 17.4. The van der Waals surface area contributed by atoms with E-state index in [2.05, 4.69) is 16.3 Å². The monoisotopic (exact) mass is 493 g/mol. The molecule has 1 saturated carbocycles. The highest BCUT2D eigenvalue weighted by atomic mass is 16.5. The highest BCUT2D eigenvalue weighted by Crippen LogP contribution is 2.38. The molecule has 0 spiro atoms. The minimum atomic E-state index is -0.570. The zero-order chi connectivity index (χ0) is 25.1. The first-order valence-corrected chi connectivity index (χ1v) is 13.3. The number of nitrogens with zero attached hydrogens (tertiary/aromatic N) is 2. The predicted octanol–water partition coefficient (Wildman–Crippen LogP) is 5.78. The van der Waals surface area contributed by atoms with Crippen molar-refractivity contribution in [3.63, 3.8) is 0 Å². The van der Waals surface area contributed by atoms with Gasteiger partial charge in [0.25, 0.3) is 0 Å². The van der Waals surface area contributed by atoms with Crippen molar-refractivity contribution >= 4 is 16.6 Å². The van der Waals surface area contributed by atoms with Crippen LogP contribution in [0.15, 0.2) is 34.7 Å². The van der Waals surface area contributed by atoms with Crippen LogP contribution in [0.2, 0.25) is 0 Å². The summed E-state index contributed by atoms with van der Waals surface area (Å²) < 4.78 is 17.8. The van der Waals surface area contributed by atoms with Crippen molar-refractivity contribution in [2.45, 2.75) is 70.4 Å². The van der Waals surface area contributed by atoms with Gasteiger partial charge < -0.3 is 29.2 Å². The Balaban J connectivity index is 1.42. The molecule has 3 aromatic rings. The van der Waals surface area contributed by atoms with Crippen LogP contribution in [0.25, 0.3) is 22.4 Å². The molecule has 0 amide bonds. The summed E-state index contributed by atoms with van der Waals surface area (Å²) in [5.41, 5.74) is 2.04. The fourth-order valence-corrected chi connectivity index (χ4v) is 5.40. The molecule has 1 aliphatic carbocycles. The van der Waals surface area contributed by atoms with Gasteiger partial charge in [0.2, 0.25) is 0 Å². The third-order valence-corrected chi connectivity index (χ3v) is 7.58. The molecule has 36 heavy (non-hydrogen) atoms. The molecule has 1 aromatic carbocycles. The molecule has 0 unspecified atom stereocenters.